The SMILES string of the molecule is CC(O)CCN(C)C(=O)C(C)(C)Br. The van der Waals surface area contributed by atoms with Gasteiger partial charge in [-0.2, -0.15) is 0 Å². The molecule has 0 rings (SSSR count). The first-order chi connectivity index (χ1) is 5.75. The van der Waals surface area contributed by atoms with Crippen molar-refractivity contribution in [3.05, 3.63) is 0 Å². The molecule has 3 nitrogen and oxygen atoms in total. The molecule has 1 amide bonds. The van der Waals surface area contributed by atoms with Gasteiger partial charge in [0.15, 0.2) is 0 Å². The van der Waals surface area contributed by atoms with E-state index in [1.807, 2.05) is 13.8 Å². The number of carbonyl (C=O) groups is 1. The molecule has 0 aromatic heterocycles. The quantitative estimate of drug-likeness (QED) is 0.768. The van der Waals surface area contributed by atoms with Crippen molar-refractivity contribution in [2.45, 2.75) is 37.6 Å². The Morgan fingerprint density at radius 1 is 1.62 bits per heavy atom. The molecule has 0 radical (unpaired) electrons. The highest BCUT2D eigenvalue weighted by Gasteiger charge is 2.26. The Bertz CT molecular complexity index is 175. The molecule has 1 N–H and O–H groups in total. The van der Waals surface area contributed by atoms with Crippen molar-refractivity contribution in [1.29, 1.82) is 0 Å². The second-order valence-corrected chi connectivity index (χ2v) is 5.82. The Labute approximate surface area is 88.2 Å². The molecule has 0 spiro atoms. The average Bonchev–Trinajstić information content (AvgIpc) is 1.96. The number of hydrogen-bond acceptors (Lipinski definition) is 2. The number of aliphatic hydroxyl groups excluding tert-OH is 1. The summed E-state index contributed by atoms with van der Waals surface area (Å²) in [5.41, 5.74) is 0. The van der Waals surface area contributed by atoms with E-state index in [0.717, 1.165) is 0 Å². The Morgan fingerprint density at radius 2 is 2.08 bits per heavy atom. The largest absolute Gasteiger partial charge is 0.393 e. The molecule has 1 unspecified atom stereocenters. The lowest BCUT2D eigenvalue weighted by Gasteiger charge is -2.24. The molecule has 0 bridgehead atoms. The van der Waals surface area contributed by atoms with E-state index in [1.165, 1.54) is 0 Å². The smallest absolute Gasteiger partial charge is 0.238 e. The molecule has 0 aliphatic heterocycles. The summed E-state index contributed by atoms with van der Waals surface area (Å²) < 4.78 is -0.513. The zero-order valence-electron chi connectivity index (χ0n) is 8.67. The van der Waals surface area contributed by atoms with E-state index in [1.54, 1.807) is 18.9 Å². The van der Waals surface area contributed by atoms with Gasteiger partial charge in [0.1, 0.15) is 0 Å². The number of alkyl halides is 1. The van der Waals surface area contributed by atoms with Crippen molar-refractivity contribution in [2.24, 2.45) is 0 Å². The van der Waals surface area contributed by atoms with Gasteiger partial charge in [-0.1, -0.05) is 15.9 Å². The third-order valence-electron chi connectivity index (χ3n) is 1.74. The van der Waals surface area contributed by atoms with Crippen molar-refractivity contribution in [3.63, 3.8) is 0 Å². The highest BCUT2D eigenvalue weighted by atomic mass is 79.9. The fourth-order valence-electron chi connectivity index (χ4n) is 0.936. The lowest BCUT2D eigenvalue weighted by molar-refractivity contribution is -0.131. The maximum atomic E-state index is 11.6. The van der Waals surface area contributed by atoms with Gasteiger partial charge >= 0.3 is 0 Å². The molecule has 0 aliphatic rings. The summed E-state index contributed by atoms with van der Waals surface area (Å²) in [5.74, 6) is 0.0353. The van der Waals surface area contributed by atoms with Gasteiger partial charge in [-0.25, -0.2) is 0 Å². The lowest BCUT2D eigenvalue weighted by Crippen LogP contribution is -2.40. The number of rotatable bonds is 4. The number of aliphatic hydroxyl groups is 1. The molecule has 4 heteroatoms. The summed E-state index contributed by atoms with van der Waals surface area (Å²) in [7, 11) is 1.74. The van der Waals surface area contributed by atoms with Gasteiger partial charge in [-0.3, -0.25) is 4.79 Å². The van der Waals surface area contributed by atoms with Crippen molar-refractivity contribution in [1.82, 2.24) is 4.90 Å². The van der Waals surface area contributed by atoms with Gasteiger partial charge in [0.25, 0.3) is 0 Å². The van der Waals surface area contributed by atoms with Crippen LogP contribution in [-0.4, -0.2) is 39.9 Å². The molecule has 0 aromatic rings. The summed E-state index contributed by atoms with van der Waals surface area (Å²) in [6.45, 7) is 5.94. The highest BCUT2D eigenvalue weighted by Crippen LogP contribution is 2.18. The van der Waals surface area contributed by atoms with Crippen LogP contribution in [0.1, 0.15) is 27.2 Å². The molecule has 0 aromatic carbocycles. The first kappa shape index (κ1) is 12.9. The van der Waals surface area contributed by atoms with E-state index in [0.29, 0.717) is 13.0 Å². The Hall–Kier alpha value is -0.0900. The van der Waals surface area contributed by atoms with Crippen LogP contribution in [0, 0.1) is 0 Å². The van der Waals surface area contributed by atoms with Crippen molar-refractivity contribution in [2.75, 3.05) is 13.6 Å². The van der Waals surface area contributed by atoms with Crippen molar-refractivity contribution < 1.29 is 9.90 Å². The minimum absolute atomic E-state index is 0.0353. The zero-order chi connectivity index (χ0) is 10.6. The van der Waals surface area contributed by atoms with Crippen LogP contribution in [0.15, 0.2) is 0 Å². The molecular weight excluding hydrogens is 234 g/mol. The number of carbonyl (C=O) groups excluding carboxylic acids is 1. The molecule has 1 atom stereocenters. The van der Waals surface area contributed by atoms with Crippen LogP contribution >= 0.6 is 15.9 Å². The fraction of sp³-hybridized carbons (Fsp3) is 0.889. The predicted molar refractivity (Wildman–Crippen MR) is 56.9 cm³/mol. The van der Waals surface area contributed by atoms with Crippen molar-refractivity contribution in [3.8, 4) is 0 Å². The summed E-state index contributed by atoms with van der Waals surface area (Å²) in [4.78, 5) is 13.2. The molecule has 78 valence electrons. The maximum Gasteiger partial charge on any atom is 0.238 e. The molecular formula is C9H18BrNO2. The number of halogens is 1. The van der Waals surface area contributed by atoms with Gasteiger partial charge in [-0.15, -0.1) is 0 Å². The number of nitrogens with zero attached hydrogens (tertiary/aromatic N) is 1. The fourth-order valence-corrected chi connectivity index (χ4v) is 1.24. The Balaban J connectivity index is 3.98. The maximum absolute atomic E-state index is 11.6. The van der Waals surface area contributed by atoms with Crippen LogP contribution in [0.25, 0.3) is 0 Å². The predicted octanol–water partition coefficient (Wildman–Crippen LogP) is 1.39. The second-order valence-electron chi connectivity index (χ2n) is 3.84. The van der Waals surface area contributed by atoms with Gasteiger partial charge in [-0.05, 0) is 27.2 Å². The monoisotopic (exact) mass is 251 g/mol. The topological polar surface area (TPSA) is 40.5 Å². The third kappa shape index (κ3) is 5.26. The van der Waals surface area contributed by atoms with E-state index in [4.69, 9.17) is 5.11 Å². The number of amides is 1. The summed E-state index contributed by atoms with van der Waals surface area (Å²) in [6.07, 6.45) is 0.263. The molecule has 0 fully saturated rings. The van der Waals surface area contributed by atoms with Crippen LogP contribution in [0.4, 0.5) is 0 Å². The molecule has 0 aliphatic carbocycles. The van der Waals surface area contributed by atoms with Crippen LogP contribution in [0.3, 0.4) is 0 Å². The Morgan fingerprint density at radius 3 is 2.38 bits per heavy atom. The van der Waals surface area contributed by atoms with E-state index < -0.39 is 4.32 Å². The highest BCUT2D eigenvalue weighted by molar-refractivity contribution is 9.10. The van der Waals surface area contributed by atoms with Crippen LogP contribution in [-0.2, 0) is 4.79 Å². The first-order valence-electron chi connectivity index (χ1n) is 4.37. The van der Waals surface area contributed by atoms with Gasteiger partial charge in [0.05, 0.1) is 10.4 Å². The third-order valence-corrected chi connectivity index (χ3v) is 2.08. The standard InChI is InChI=1S/C9H18BrNO2/c1-7(12)5-6-11(4)8(13)9(2,3)10/h7,12H,5-6H2,1-4H3. The van der Waals surface area contributed by atoms with Gasteiger partial charge < -0.3 is 10.0 Å². The van der Waals surface area contributed by atoms with Gasteiger partial charge in [0, 0.05) is 13.6 Å². The van der Waals surface area contributed by atoms with Crippen LogP contribution in [0.2, 0.25) is 0 Å². The van der Waals surface area contributed by atoms with E-state index in [2.05, 4.69) is 15.9 Å². The minimum Gasteiger partial charge on any atom is -0.393 e. The molecule has 13 heavy (non-hydrogen) atoms. The molecule has 0 saturated heterocycles. The van der Waals surface area contributed by atoms with Gasteiger partial charge in [0.2, 0.25) is 5.91 Å². The Kier molecular flexibility index (Phi) is 4.92. The normalized spacial score (nSPS) is 14.0. The minimum atomic E-state index is -0.513. The van der Waals surface area contributed by atoms with E-state index >= 15 is 0 Å². The second kappa shape index (κ2) is 4.96. The summed E-state index contributed by atoms with van der Waals surface area (Å²) >= 11 is 3.30. The zero-order valence-corrected chi connectivity index (χ0v) is 10.3. The van der Waals surface area contributed by atoms with Crippen molar-refractivity contribution >= 4 is 21.8 Å². The first-order valence-corrected chi connectivity index (χ1v) is 5.17. The van der Waals surface area contributed by atoms with E-state index in [-0.39, 0.29) is 12.0 Å². The van der Waals surface area contributed by atoms with Crippen LogP contribution in [0.5, 0.6) is 0 Å². The lowest BCUT2D eigenvalue weighted by atomic mass is 10.2. The number of hydrogen-bond donors (Lipinski definition) is 1. The molecule has 0 heterocycles. The molecule has 0 saturated carbocycles. The van der Waals surface area contributed by atoms with E-state index in [9.17, 15) is 4.79 Å². The van der Waals surface area contributed by atoms with Crippen LogP contribution < -0.4 is 0 Å². The average molecular weight is 252 g/mol. The summed E-state index contributed by atoms with van der Waals surface area (Å²) in [5, 5.41) is 9.04. The summed E-state index contributed by atoms with van der Waals surface area (Å²) in [6, 6.07) is 0.